The number of ether oxygens (including phenoxy) is 1. The lowest BCUT2D eigenvalue weighted by Crippen LogP contribution is -2.65. The second kappa shape index (κ2) is 10.5. The van der Waals surface area contributed by atoms with Gasteiger partial charge in [0.25, 0.3) is 0 Å². The average molecular weight is 536 g/mol. The van der Waals surface area contributed by atoms with E-state index in [4.69, 9.17) is 23.3 Å². The summed E-state index contributed by atoms with van der Waals surface area (Å²) < 4.78 is 6.40. The molecule has 0 amide bonds. The fraction of sp³-hybridized carbons (Fsp3) is 0.500. The molecule has 0 unspecified atom stereocenters. The molecule has 5 heterocycles. The Morgan fingerprint density at radius 3 is 2.58 bits per heavy atom. The minimum atomic E-state index is -0.0959. The van der Waals surface area contributed by atoms with E-state index < -0.39 is 0 Å². The van der Waals surface area contributed by atoms with Crippen molar-refractivity contribution in [2.45, 2.75) is 38.5 Å². The number of pyridine rings is 2. The van der Waals surface area contributed by atoms with E-state index in [9.17, 15) is 5.26 Å². The molecule has 2 N–H and O–H groups in total. The van der Waals surface area contributed by atoms with Crippen LogP contribution in [0.25, 0.3) is 10.9 Å². The van der Waals surface area contributed by atoms with E-state index in [1.165, 1.54) is 5.56 Å². The zero-order valence-corrected chi connectivity index (χ0v) is 23.7. The molecule has 3 aliphatic rings. The molecule has 0 aliphatic carbocycles. The van der Waals surface area contributed by atoms with Crippen molar-refractivity contribution in [3.05, 3.63) is 47.7 Å². The van der Waals surface area contributed by atoms with Crippen LogP contribution in [0.2, 0.25) is 0 Å². The lowest BCUT2D eigenvalue weighted by molar-refractivity contribution is -0.0327. The summed E-state index contributed by atoms with van der Waals surface area (Å²) in [5, 5.41) is 10.5. The topological polar surface area (TPSA) is 97.8 Å². The van der Waals surface area contributed by atoms with Crippen LogP contribution in [-0.2, 0) is 4.74 Å². The maximum atomic E-state index is 9.58. The number of nitrogens with two attached hydrogens (primary N) is 1. The zero-order valence-electron chi connectivity index (χ0n) is 23.7. The number of rotatable bonds is 5. The number of aromatic nitrogens is 2. The first-order valence-corrected chi connectivity index (χ1v) is 14.2. The van der Waals surface area contributed by atoms with Crippen LogP contribution in [0.1, 0.15) is 25.0 Å². The third-order valence-electron chi connectivity index (χ3n) is 8.28. The second-order valence-corrected chi connectivity index (χ2v) is 12.0. The van der Waals surface area contributed by atoms with E-state index in [0.29, 0.717) is 16.7 Å². The molecular weight excluding hydrogens is 499 g/mol. The lowest BCUT2D eigenvalue weighted by atomic mass is 9.93. The van der Waals surface area contributed by atoms with Crippen LogP contribution in [0.5, 0.6) is 0 Å². The number of nitrogens with zero attached hydrogens (tertiary/aromatic N) is 7. The molecule has 3 aliphatic heterocycles. The number of morpholine rings is 1. The van der Waals surface area contributed by atoms with Gasteiger partial charge in [0.15, 0.2) is 0 Å². The van der Waals surface area contributed by atoms with Gasteiger partial charge in [-0.2, -0.15) is 5.26 Å². The van der Waals surface area contributed by atoms with Crippen LogP contribution in [0.15, 0.2) is 36.5 Å². The molecule has 0 bridgehead atoms. The summed E-state index contributed by atoms with van der Waals surface area (Å²) in [6.45, 7) is 14.4. The van der Waals surface area contributed by atoms with Gasteiger partial charge in [-0.3, -0.25) is 9.88 Å². The highest BCUT2D eigenvalue weighted by molar-refractivity contribution is 6.31. The van der Waals surface area contributed by atoms with Gasteiger partial charge in [-0.1, -0.05) is 6.07 Å². The van der Waals surface area contributed by atoms with Crippen molar-refractivity contribution < 1.29 is 4.74 Å². The van der Waals surface area contributed by atoms with Crippen LogP contribution in [-0.4, -0.2) is 99.4 Å². The van der Waals surface area contributed by atoms with Crippen LogP contribution < -0.4 is 26.0 Å². The number of nitriles is 1. The molecule has 3 fully saturated rings. The smallest absolute Gasteiger partial charge is 0.141 e. The second-order valence-electron chi connectivity index (χ2n) is 12.0. The van der Waals surface area contributed by atoms with Crippen molar-refractivity contribution in [1.29, 1.82) is 5.26 Å². The largest absolute Gasteiger partial charge is 0.370 e. The summed E-state index contributed by atoms with van der Waals surface area (Å²) in [6.07, 6.45) is 2.18. The highest BCUT2D eigenvalue weighted by Gasteiger charge is 2.35. The Labute approximate surface area is 237 Å². The van der Waals surface area contributed by atoms with Crippen molar-refractivity contribution in [1.82, 2.24) is 14.9 Å². The summed E-state index contributed by atoms with van der Waals surface area (Å²) in [4.78, 5) is 18.9. The molecule has 2 radical (unpaired) electrons. The fourth-order valence-electron chi connectivity index (χ4n) is 6.42. The van der Waals surface area contributed by atoms with Crippen molar-refractivity contribution in [3.63, 3.8) is 0 Å². The van der Waals surface area contributed by atoms with Gasteiger partial charge in [-0.25, -0.2) is 4.98 Å². The zero-order chi connectivity index (χ0) is 28.0. The number of aryl methyl sites for hydroxylation is 1. The van der Waals surface area contributed by atoms with E-state index in [1.807, 2.05) is 24.4 Å². The molecule has 9 nitrogen and oxygen atoms in total. The molecule has 2 aromatic heterocycles. The van der Waals surface area contributed by atoms with E-state index >= 15 is 0 Å². The first kappa shape index (κ1) is 26.8. The third kappa shape index (κ3) is 5.34. The normalized spacial score (nSPS) is 23.2. The van der Waals surface area contributed by atoms with Gasteiger partial charge in [0.05, 0.1) is 35.2 Å². The summed E-state index contributed by atoms with van der Waals surface area (Å²) in [5.74, 6) is 1.08. The van der Waals surface area contributed by atoms with Gasteiger partial charge in [0, 0.05) is 75.5 Å². The summed E-state index contributed by atoms with van der Waals surface area (Å²) >= 11 is 0. The highest BCUT2D eigenvalue weighted by Crippen LogP contribution is 2.31. The number of hydrogen-bond donors (Lipinski definition) is 1. The molecule has 40 heavy (non-hydrogen) atoms. The number of piperazine rings is 1. The standard InChI is InChI=1S/C30H37BN8O/c1-20-12-23(39-18-30(3,33)19-39)14-34-29(20)37-10-8-36(9-11-37)16-24-17-38(15-21(2)40-24)26-6-4-22(13-32)28-25(26)5-7-27(31)35-28/h4-7,12,14,21,24H,8-11,15-19,33H2,1-3H3/t21-,24+/m1/s1. The van der Waals surface area contributed by atoms with Gasteiger partial charge in [-0.15, -0.1) is 0 Å². The molecule has 6 rings (SSSR count). The Hall–Kier alpha value is -3.39. The summed E-state index contributed by atoms with van der Waals surface area (Å²) in [6, 6.07) is 12.2. The van der Waals surface area contributed by atoms with E-state index in [-0.39, 0.29) is 17.7 Å². The molecule has 1 aromatic carbocycles. The molecule has 3 saturated heterocycles. The van der Waals surface area contributed by atoms with Crippen molar-refractivity contribution >= 4 is 41.5 Å². The third-order valence-corrected chi connectivity index (χ3v) is 8.28. The molecule has 3 aromatic rings. The maximum absolute atomic E-state index is 9.58. The van der Waals surface area contributed by atoms with Gasteiger partial charge in [0.2, 0.25) is 0 Å². The lowest BCUT2D eigenvalue weighted by Gasteiger charge is -2.47. The van der Waals surface area contributed by atoms with Gasteiger partial charge in [-0.05, 0) is 56.2 Å². The van der Waals surface area contributed by atoms with Crippen molar-refractivity contribution in [2.75, 3.05) is 73.6 Å². The number of anilines is 3. The van der Waals surface area contributed by atoms with Crippen LogP contribution in [0.4, 0.5) is 17.2 Å². The minimum absolute atomic E-state index is 0.0895. The van der Waals surface area contributed by atoms with Crippen LogP contribution in [0, 0.1) is 18.3 Å². The summed E-state index contributed by atoms with van der Waals surface area (Å²) in [5.41, 5.74) is 11.2. The van der Waals surface area contributed by atoms with Crippen molar-refractivity contribution in [2.24, 2.45) is 5.73 Å². The first-order chi connectivity index (χ1) is 19.2. The number of fused-ring (bicyclic) bond motifs is 1. The molecular formula is C30H37BN8O. The molecule has 206 valence electrons. The molecule has 0 saturated carbocycles. The minimum Gasteiger partial charge on any atom is -0.370 e. The predicted octanol–water partition coefficient (Wildman–Crippen LogP) is 1.56. The maximum Gasteiger partial charge on any atom is 0.141 e. The first-order valence-electron chi connectivity index (χ1n) is 14.2. The molecule has 0 spiro atoms. The monoisotopic (exact) mass is 536 g/mol. The molecule has 2 atom stereocenters. The fourth-order valence-corrected chi connectivity index (χ4v) is 6.42. The number of hydrogen-bond acceptors (Lipinski definition) is 9. The molecule has 10 heteroatoms. The Kier molecular flexibility index (Phi) is 7.07. The van der Waals surface area contributed by atoms with Gasteiger partial charge < -0.3 is 25.2 Å². The van der Waals surface area contributed by atoms with E-state index in [2.05, 4.69) is 57.5 Å². The van der Waals surface area contributed by atoms with Crippen LogP contribution >= 0.6 is 0 Å². The van der Waals surface area contributed by atoms with Crippen LogP contribution in [0.3, 0.4) is 0 Å². The quantitative estimate of drug-likeness (QED) is 0.488. The Morgan fingerprint density at radius 1 is 1.10 bits per heavy atom. The van der Waals surface area contributed by atoms with Gasteiger partial charge >= 0.3 is 0 Å². The predicted molar refractivity (Wildman–Crippen MR) is 161 cm³/mol. The van der Waals surface area contributed by atoms with Gasteiger partial charge in [0.1, 0.15) is 19.7 Å². The Morgan fingerprint density at radius 2 is 1.88 bits per heavy atom. The number of benzene rings is 1. The van der Waals surface area contributed by atoms with E-state index in [1.54, 1.807) is 6.07 Å². The van der Waals surface area contributed by atoms with Crippen molar-refractivity contribution in [3.8, 4) is 6.07 Å². The van der Waals surface area contributed by atoms with E-state index in [0.717, 1.165) is 81.5 Å². The average Bonchev–Trinajstić information content (AvgIpc) is 2.91. The highest BCUT2D eigenvalue weighted by atomic mass is 16.5. The SMILES string of the molecule is [B]c1ccc2c(N3C[C@H](CN4CCN(c5ncc(N6CC(C)(N)C6)cc5C)CC4)O[C@H](C)C3)ccc(C#N)c2n1. The Balaban J connectivity index is 1.09. The summed E-state index contributed by atoms with van der Waals surface area (Å²) in [7, 11) is 5.94. The Bertz CT molecular complexity index is 1440.